The lowest BCUT2D eigenvalue weighted by Gasteiger charge is -2.02. The summed E-state index contributed by atoms with van der Waals surface area (Å²) in [4.78, 5) is 11.6. The fourth-order valence-corrected chi connectivity index (χ4v) is 2.01. The van der Waals surface area contributed by atoms with Crippen molar-refractivity contribution in [2.75, 3.05) is 0 Å². The Balaban J connectivity index is 2.85. The third-order valence-electron chi connectivity index (χ3n) is 2.29. The summed E-state index contributed by atoms with van der Waals surface area (Å²) in [6.45, 7) is 1.49. The van der Waals surface area contributed by atoms with Gasteiger partial charge in [0.15, 0.2) is 5.58 Å². The van der Waals surface area contributed by atoms with Crippen LogP contribution in [0.2, 0.25) is 10.0 Å². The van der Waals surface area contributed by atoms with Crippen LogP contribution in [0.5, 0.6) is 0 Å². The number of hydrogen-bond donors (Lipinski definition) is 1. The first-order valence-electron chi connectivity index (χ1n) is 4.65. The molecule has 1 aromatic carbocycles. The molecule has 1 N–H and O–H groups in total. The van der Waals surface area contributed by atoms with E-state index in [9.17, 15) is 4.79 Å². The highest BCUT2D eigenvalue weighted by molar-refractivity contribution is 6.38. The van der Waals surface area contributed by atoms with E-state index < -0.39 is 5.63 Å². The molecule has 6 heteroatoms. The molecule has 2 aromatic rings. The second-order valence-corrected chi connectivity index (χ2v) is 4.28. The molecule has 1 heterocycles. The average Bonchev–Trinajstić information content (AvgIpc) is 2.28. The number of oxime groups is 1. The van der Waals surface area contributed by atoms with Crippen LogP contribution in [-0.4, -0.2) is 10.9 Å². The highest BCUT2D eigenvalue weighted by Crippen LogP contribution is 2.27. The van der Waals surface area contributed by atoms with Gasteiger partial charge in [0.2, 0.25) is 0 Å². The molecule has 1 aromatic heterocycles. The van der Waals surface area contributed by atoms with Crippen LogP contribution in [0, 0.1) is 0 Å². The normalized spacial score (nSPS) is 12.1. The minimum atomic E-state index is -0.614. The van der Waals surface area contributed by atoms with Crippen LogP contribution in [-0.2, 0) is 0 Å². The van der Waals surface area contributed by atoms with Gasteiger partial charge in [-0.25, -0.2) is 4.79 Å². The van der Waals surface area contributed by atoms with Crippen molar-refractivity contribution in [3.05, 3.63) is 44.2 Å². The third kappa shape index (κ3) is 2.14. The van der Waals surface area contributed by atoms with Crippen molar-refractivity contribution >= 4 is 39.9 Å². The van der Waals surface area contributed by atoms with Crippen LogP contribution in [0.3, 0.4) is 0 Å². The van der Waals surface area contributed by atoms with Crippen molar-refractivity contribution in [1.82, 2.24) is 0 Å². The molecule has 0 atom stereocenters. The number of benzene rings is 1. The lowest BCUT2D eigenvalue weighted by molar-refractivity contribution is 0.319. The summed E-state index contributed by atoms with van der Waals surface area (Å²) in [5.41, 5.74) is -0.0253. The Morgan fingerprint density at radius 3 is 2.71 bits per heavy atom. The van der Waals surface area contributed by atoms with Gasteiger partial charge in [-0.1, -0.05) is 28.4 Å². The van der Waals surface area contributed by atoms with Crippen LogP contribution in [0.4, 0.5) is 0 Å². The molecule has 0 saturated carbocycles. The van der Waals surface area contributed by atoms with Crippen molar-refractivity contribution in [2.45, 2.75) is 6.92 Å². The molecule has 0 amide bonds. The van der Waals surface area contributed by atoms with Gasteiger partial charge >= 0.3 is 5.63 Å². The van der Waals surface area contributed by atoms with E-state index in [0.29, 0.717) is 10.4 Å². The first-order chi connectivity index (χ1) is 8.02. The SMILES string of the molecule is C/C(=N/O)c1cc2cc(Cl)cc(Cl)c2oc1=O. The van der Waals surface area contributed by atoms with Gasteiger partial charge < -0.3 is 9.62 Å². The van der Waals surface area contributed by atoms with Gasteiger partial charge in [-0.05, 0) is 25.1 Å². The fourth-order valence-electron chi connectivity index (χ4n) is 1.46. The summed E-state index contributed by atoms with van der Waals surface area (Å²) in [6, 6.07) is 4.62. The largest absolute Gasteiger partial charge is 0.421 e. The number of hydrogen-bond acceptors (Lipinski definition) is 4. The molecule has 2 rings (SSSR count). The van der Waals surface area contributed by atoms with Crippen LogP contribution in [0.25, 0.3) is 11.0 Å². The maximum absolute atomic E-state index is 11.6. The molecule has 0 aliphatic heterocycles. The van der Waals surface area contributed by atoms with Gasteiger partial charge in [0.05, 0.1) is 16.3 Å². The average molecular weight is 272 g/mol. The third-order valence-corrected chi connectivity index (χ3v) is 2.79. The quantitative estimate of drug-likeness (QED) is 0.375. The molecule has 4 nitrogen and oxygen atoms in total. The maximum atomic E-state index is 11.6. The Morgan fingerprint density at radius 2 is 2.06 bits per heavy atom. The molecule has 0 radical (unpaired) electrons. The fraction of sp³-hybridized carbons (Fsp3) is 0.0909. The summed E-state index contributed by atoms with van der Waals surface area (Å²) in [5.74, 6) is 0. The monoisotopic (exact) mass is 271 g/mol. The number of rotatable bonds is 1. The number of halogens is 2. The molecule has 0 fully saturated rings. The summed E-state index contributed by atoms with van der Waals surface area (Å²) < 4.78 is 5.06. The van der Waals surface area contributed by atoms with E-state index in [1.165, 1.54) is 19.1 Å². The highest BCUT2D eigenvalue weighted by Gasteiger charge is 2.11. The molecular formula is C11H7Cl2NO3. The van der Waals surface area contributed by atoms with E-state index in [1.807, 2.05) is 0 Å². The van der Waals surface area contributed by atoms with Crippen molar-refractivity contribution in [3.63, 3.8) is 0 Å². The van der Waals surface area contributed by atoms with Gasteiger partial charge in [0, 0.05) is 10.4 Å². The van der Waals surface area contributed by atoms with E-state index in [0.717, 1.165) is 0 Å². The Bertz CT molecular complexity index is 676. The van der Waals surface area contributed by atoms with Crippen molar-refractivity contribution in [2.24, 2.45) is 5.16 Å². The van der Waals surface area contributed by atoms with Crippen LogP contribution in [0.1, 0.15) is 12.5 Å². The standard InChI is InChI=1S/C11H7Cl2NO3/c1-5(14-16)8-3-6-2-7(12)4-9(13)10(6)17-11(8)15/h2-4,16H,1H3/b14-5-. The zero-order valence-corrected chi connectivity index (χ0v) is 10.2. The Hall–Kier alpha value is -1.52. The number of fused-ring (bicyclic) bond motifs is 1. The zero-order valence-electron chi connectivity index (χ0n) is 8.70. The highest BCUT2D eigenvalue weighted by atomic mass is 35.5. The lowest BCUT2D eigenvalue weighted by atomic mass is 10.1. The van der Waals surface area contributed by atoms with E-state index in [-0.39, 0.29) is 21.9 Å². The van der Waals surface area contributed by atoms with E-state index in [2.05, 4.69) is 5.16 Å². The molecule has 0 aliphatic carbocycles. The van der Waals surface area contributed by atoms with Gasteiger partial charge in [-0.3, -0.25) is 0 Å². The number of nitrogens with zero attached hydrogens (tertiary/aromatic N) is 1. The molecule has 0 aliphatic rings. The second kappa shape index (κ2) is 4.39. The Morgan fingerprint density at radius 1 is 1.35 bits per heavy atom. The van der Waals surface area contributed by atoms with E-state index in [4.69, 9.17) is 32.8 Å². The maximum Gasteiger partial charge on any atom is 0.345 e. The van der Waals surface area contributed by atoms with Gasteiger partial charge in [0.25, 0.3) is 0 Å². The zero-order chi connectivity index (χ0) is 12.6. The van der Waals surface area contributed by atoms with Crippen molar-refractivity contribution in [3.8, 4) is 0 Å². The molecule has 0 bridgehead atoms. The molecule has 0 saturated heterocycles. The Kier molecular flexibility index (Phi) is 3.09. The van der Waals surface area contributed by atoms with Gasteiger partial charge in [-0.2, -0.15) is 0 Å². The molecule has 0 unspecified atom stereocenters. The van der Waals surface area contributed by atoms with E-state index in [1.54, 1.807) is 6.07 Å². The van der Waals surface area contributed by atoms with Crippen molar-refractivity contribution < 1.29 is 9.62 Å². The minimum absolute atomic E-state index is 0.164. The predicted molar refractivity (Wildman–Crippen MR) is 66.5 cm³/mol. The summed E-state index contributed by atoms with van der Waals surface area (Å²) >= 11 is 11.7. The van der Waals surface area contributed by atoms with Gasteiger partial charge in [-0.15, -0.1) is 0 Å². The first kappa shape index (κ1) is 12.0. The topological polar surface area (TPSA) is 62.8 Å². The molecular weight excluding hydrogens is 265 g/mol. The summed E-state index contributed by atoms with van der Waals surface area (Å²) in [6.07, 6.45) is 0. The van der Waals surface area contributed by atoms with Crippen LogP contribution < -0.4 is 5.63 Å². The smallest absolute Gasteiger partial charge is 0.345 e. The minimum Gasteiger partial charge on any atom is -0.421 e. The second-order valence-electron chi connectivity index (χ2n) is 3.44. The van der Waals surface area contributed by atoms with Gasteiger partial charge in [0.1, 0.15) is 0 Å². The first-order valence-corrected chi connectivity index (χ1v) is 5.40. The summed E-state index contributed by atoms with van der Waals surface area (Å²) in [7, 11) is 0. The molecule has 0 spiro atoms. The Labute approximate surface area is 106 Å². The van der Waals surface area contributed by atoms with E-state index >= 15 is 0 Å². The lowest BCUT2D eigenvalue weighted by Crippen LogP contribution is -2.12. The van der Waals surface area contributed by atoms with Crippen molar-refractivity contribution in [1.29, 1.82) is 0 Å². The summed E-state index contributed by atoms with van der Waals surface area (Å²) in [5, 5.41) is 12.9. The van der Waals surface area contributed by atoms with Crippen LogP contribution in [0.15, 0.2) is 32.6 Å². The van der Waals surface area contributed by atoms with Crippen LogP contribution >= 0.6 is 23.2 Å². The molecule has 17 heavy (non-hydrogen) atoms. The predicted octanol–water partition coefficient (Wildman–Crippen LogP) is 3.30. The molecule has 88 valence electrons.